The Morgan fingerprint density at radius 2 is 2.04 bits per heavy atom. The van der Waals surface area contributed by atoms with Crippen molar-refractivity contribution < 1.29 is 9.53 Å². The maximum absolute atomic E-state index is 12.1. The molecule has 0 saturated heterocycles. The lowest BCUT2D eigenvalue weighted by Crippen LogP contribution is -2.27. The molecule has 0 spiro atoms. The van der Waals surface area contributed by atoms with Crippen LogP contribution in [0.5, 0.6) is 5.75 Å². The van der Waals surface area contributed by atoms with Crippen LogP contribution in [0.4, 0.5) is 0 Å². The second-order valence-electron chi connectivity index (χ2n) is 5.86. The van der Waals surface area contributed by atoms with Crippen LogP contribution in [0.2, 0.25) is 0 Å². The first-order valence-corrected chi connectivity index (χ1v) is 11.0. The fraction of sp³-hybridized carbons (Fsp3) is 0.250. The van der Waals surface area contributed by atoms with Gasteiger partial charge >= 0.3 is 0 Å². The zero-order chi connectivity index (χ0) is 19.6. The van der Waals surface area contributed by atoms with Crippen LogP contribution in [0.15, 0.2) is 66.1 Å². The minimum atomic E-state index is -0.00879. The lowest BCUT2D eigenvalue weighted by Gasteiger charge is -2.08. The van der Waals surface area contributed by atoms with Gasteiger partial charge in [0, 0.05) is 24.1 Å². The Hall–Kier alpha value is -2.45. The molecule has 0 aliphatic heterocycles. The van der Waals surface area contributed by atoms with Gasteiger partial charge in [-0.05, 0) is 17.7 Å². The lowest BCUT2D eigenvalue weighted by atomic mass is 10.2. The molecular weight excluding hydrogens is 392 g/mol. The van der Waals surface area contributed by atoms with Crippen molar-refractivity contribution in [2.75, 3.05) is 25.2 Å². The predicted octanol–water partition coefficient (Wildman–Crippen LogP) is 3.42. The Balaban J connectivity index is 1.41. The molecule has 0 bridgehead atoms. The zero-order valence-electron chi connectivity index (χ0n) is 15.6. The highest BCUT2D eigenvalue weighted by Crippen LogP contribution is 2.22. The van der Waals surface area contributed by atoms with Gasteiger partial charge in [-0.25, -0.2) is 0 Å². The van der Waals surface area contributed by atoms with Gasteiger partial charge in [-0.1, -0.05) is 48.2 Å². The highest BCUT2D eigenvalue weighted by Gasteiger charge is 2.10. The summed E-state index contributed by atoms with van der Waals surface area (Å²) in [5.41, 5.74) is 2.19. The van der Waals surface area contributed by atoms with Crippen molar-refractivity contribution in [2.45, 2.75) is 10.9 Å². The molecule has 0 unspecified atom stereocenters. The fourth-order valence-electron chi connectivity index (χ4n) is 2.47. The van der Waals surface area contributed by atoms with E-state index in [1.807, 2.05) is 58.8 Å². The van der Waals surface area contributed by atoms with Crippen molar-refractivity contribution in [2.24, 2.45) is 0 Å². The summed E-state index contributed by atoms with van der Waals surface area (Å²) >= 11 is 3.17. The molecule has 0 fully saturated rings. The number of methoxy groups -OCH3 is 1. The molecule has 1 N–H and O–H groups in total. The number of carbonyl (C=O) groups excluding carboxylic acids is 1. The third-order valence-corrected chi connectivity index (χ3v) is 5.83. The number of ether oxygens (including phenoxy) is 1. The topological polar surface area (TPSA) is 69.0 Å². The largest absolute Gasteiger partial charge is 0.497 e. The Morgan fingerprint density at radius 1 is 1.18 bits per heavy atom. The lowest BCUT2D eigenvalue weighted by molar-refractivity contribution is -0.118. The van der Waals surface area contributed by atoms with Crippen LogP contribution in [-0.4, -0.2) is 45.8 Å². The zero-order valence-corrected chi connectivity index (χ0v) is 17.2. The summed E-state index contributed by atoms with van der Waals surface area (Å²) in [6.07, 6.45) is 1.63. The van der Waals surface area contributed by atoms with Gasteiger partial charge in [-0.2, -0.15) is 11.8 Å². The first-order valence-electron chi connectivity index (χ1n) is 8.82. The molecule has 0 aliphatic rings. The molecule has 0 radical (unpaired) electrons. The van der Waals surface area contributed by atoms with E-state index in [9.17, 15) is 4.79 Å². The molecule has 6 nitrogen and oxygen atoms in total. The molecule has 0 aliphatic carbocycles. The summed E-state index contributed by atoms with van der Waals surface area (Å²) in [5.74, 6) is 2.88. The molecule has 1 amide bonds. The highest BCUT2D eigenvalue weighted by atomic mass is 32.2. The van der Waals surface area contributed by atoms with Crippen molar-refractivity contribution in [1.82, 2.24) is 20.1 Å². The molecule has 0 atom stereocenters. The smallest absolute Gasteiger partial charge is 0.230 e. The van der Waals surface area contributed by atoms with E-state index >= 15 is 0 Å². The van der Waals surface area contributed by atoms with Crippen LogP contribution in [0, 0.1) is 0 Å². The van der Waals surface area contributed by atoms with Crippen molar-refractivity contribution in [1.29, 1.82) is 0 Å². The summed E-state index contributed by atoms with van der Waals surface area (Å²) in [7, 11) is 1.63. The number of aromatic nitrogens is 3. The SMILES string of the molecule is COc1cccc(-n2cnnc2SCC(=O)NCCSCc2ccccc2)c1. The van der Waals surface area contributed by atoms with E-state index < -0.39 is 0 Å². The van der Waals surface area contributed by atoms with Gasteiger partial charge in [0.25, 0.3) is 0 Å². The molecule has 1 heterocycles. The Bertz CT molecular complexity index is 887. The molecule has 28 heavy (non-hydrogen) atoms. The molecule has 146 valence electrons. The number of rotatable bonds is 10. The Morgan fingerprint density at radius 3 is 2.86 bits per heavy atom. The van der Waals surface area contributed by atoms with E-state index in [2.05, 4.69) is 27.6 Å². The van der Waals surface area contributed by atoms with Gasteiger partial charge in [-0.15, -0.1) is 10.2 Å². The fourth-order valence-corrected chi connectivity index (χ4v) is 4.05. The molecule has 1 aromatic heterocycles. The van der Waals surface area contributed by atoms with Crippen molar-refractivity contribution in [3.63, 3.8) is 0 Å². The second kappa shape index (κ2) is 10.8. The van der Waals surface area contributed by atoms with Crippen LogP contribution < -0.4 is 10.1 Å². The third-order valence-electron chi connectivity index (χ3n) is 3.86. The maximum Gasteiger partial charge on any atom is 0.230 e. The minimum absolute atomic E-state index is 0.00879. The van der Waals surface area contributed by atoms with Crippen LogP contribution in [0.1, 0.15) is 5.56 Å². The van der Waals surface area contributed by atoms with Gasteiger partial charge in [-0.3, -0.25) is 9.36 Å². The van der Waals surface area contributed by atoms with E-state index in [0.717, 1.165) is 22.9 Å². The summed E-state index contributed by atoms with van der Waals surface area (Å²) < 4.78 is 7.10. The second-order valence-corrected chi connectivity index (χ2v) is 7.91. The number of amides is 1. The number of hydrogen-bond acceptors (Lipinski definition) is 6. The summed E-state index contributed by atoms with van der Waals surface area (Å²) in [5, 5.41) is 11.7. The maximum atomic E-state index is 12.1. The van der Waals surface area contributed by atoms with Crippen molar-refractivity contribution >= 4 is 29.4 Å². The average Bonchev–Trinajstić information content (AvgIpc) is 3.21. The summed E-state index contributed by atoms with van der Waals surface area (Å²) in [6, 6.07) is 17.9. The summed E-state index contributed by atoms with van der Waals surface area (Å²) in [6.45, 7) is 0.652. The van der Waals surface area contributed by atoms with E-state index in [-0.39, 0.29) is 5.91 Å². The van der Waals surface area contributed by atoms with Crippen molar-refractivity contribution in [3.8, 4) is 11.4 Å². The van der Waals surface area contributed by atoms with Gasteiger partial charge < -0.3 is 10.1 Å². The normalized spacial score (nSPS) is 10.6. The van der Waals surface area contributed by atoms with Crippen LogP contribution in [-0.2, 0) is 10.5 Å². The number of hydrogen-bond donors (Lipinski definition) is 1. The summed E-state index contributed by atoms with van der Waals surface area (Å²) in [4.78, 5) is 12.1. The van der Waals surface area contributed by atoms with Crippen LogP contribution in [0.25, 0.3) is 5.69 Å². The molecule has 3 aromatic rings. The minimum Gasteiger partial charge on any atom is -0.497 e. The van der Waals surface area contributed by atoms with E-state index in [1.54, 1.807) is 13.4 Å². The van der Waals surface area contributed by atoms with E-state index in [0.29, 0.717) is 17.5 Å². The number of nitrogens with zero attached hydrogens (tertiary/aromatic N) is 3. The molecule has 0 saturated carbocycles. The molecular formula is C20H22N4O2S2. The predicted molar refractivity (Wildman–Crippen MR) is 114 cm³/mol. The molecule has 8 heteroatoms. The van der Waals surface area contributed by atoms with E-state index in [4.69, 9.17) is 4.74 Å². The standard InChI is InChI=1S/C20H22N4O2S2/c1-26-18-9-5-8-17(12-18)24-15-22-23-20(24)28-14-19(25)21-10-11-27-13-16-6-3-2-4-7-16/h2-9,12,15H,10-11,13-14H2,1H3,(H,21,25). The quantitative estimate of drug-likeness (QED) is 0.405. The van der Waals surface area contributed by atoms with Crippen LogP contribution >= 0.6 is 23.5 Å². The molecule has 2 aromatic carbocycles. The van der Waals surface area contributed by atoms with Gasteiger partial charge in [0.05, 0.1) is 18.6 Å². The molecule has 3 rings (SSSR count). The van der Waals surface area contributed by atoms with Gasteiger partial charge in [0.15, 0.2) is 5.16 Å². The van der Waals surface area contributed by atoms with E-state index in [1.165, 1.54) is 17.3 Å². The average molecular weight is 415 g/mol. The number of benzene rings is 2. The third kappa shape index (κ3) is 6.03. The number of carbonyl (C=O) groups is 1. The number of thioether (sulfide) groups is 2. The van der Waals surface area contributed by atoms with Gasteiger partial charge in [0.1, 0.15) is 12.1 Å². The highest BCUT2D eigenvalue weighted by molar-refractivity contribution is 7.99. The van der Waals surface area contributed by atoms with Gasteiger partial charge in [0.2, 0.25) is 5.91 Å². The Kier molecular flexibility index (Phi) is 7.81. The monoisotopic (exact) mass is 414 g/mol. The first-order chi connectivity index (χ1) is 13.8. The number of nitrogens with one attached hydrogen (secondary N) is 1. The Labute approximate surface area is 173 Å². The van der Waals surface area contributed by atoms with Crippen molar-refractivity contribution in [3.05, 3.63) is 66.5 Å². The van der Waals surface area contributed by atoms with Crippen LogP contribution in [0.3, 0.4) is 0 Å². The first kappa shape index (κ1) is 20.3.